The number of amides is 1. The van der Waals surface area contributed by atoms with Gasteiger partial charge in [-0.2, -0.15) is 0 Å². The van der Waals surface area contributed by atoms with Gasteiger partial charge in [-0.3, -0.25) is 10.1 Å². The zero-order valence-electron chi connectivity index (χ0n) is 14.8. The number of nitrogens with one attached hydrogen (secondary N) is 2. The summed E-state index contributed by atoms with van der Waals surface area (Å²) >= 11 is 20.7. The molecule has 0 atom stereocenters. The first-order valence-corrected chi connectivity index (χ1v) is 10.2. The van der Waals surface area contributed by atoms with Gasteiger partial charge in [0, 0.05) is 9.50 Å². The average Bonchev–Trinajstić information content (AvgIpc) is 2.59. The lowest BCUT2D eigenvalue weighted by Gasteiger charge is -2.14. The van der Waals surface area contributed by atoms with E-state index >= 15 is 0 Å². The number of hydrogen-bond acceptors (Lipinski definition) is 3. The van der Waals surface area contributed by atoms with Crippen molar-refractivity contribution >= 4 is 68.1 Å². The van der Waals surface area contributed by atoms with Crippen molar-refractivity contribution in [2.75, 3.05) is 11.9 Å². The topological polar surface area (TPSA) is 50.4 Å². The van der Waals surface area contributed by atoms with Crippen molar-refractivity contribution in [3.8, 4) is 5.75 Å². The Labute approximate surface area is 182 Å². The van der Waals surface area contributed by atoms with Crippen molar-refractivity contribution in [3.63, 3.8) is 0 Å². The maximum absolute atomic E-state index is 12.7. The molecule has 2 N–H and O–H groups in total. The quantitative estimate of drug-likeness (QED) is 0.467. The Kier molecular flexibility index (Phi) is 8.35. The maximum atomic E-state index is 12.7. The number of rotatable bonds is 6. The van der Waals surface area contributed by atoms with Gasteiger partial charge in [-0.25, -0.2) is 0 Å². The SMILES string of the molecule is CC(C)CCOc1ccc(Br)cc1C(=O)NC(=S)Nc1cc(Cl)ccc1Cl. The fourth-order valence-corrected chi connectivity index (χ4v) is 3.03. The number of hydrogen-bond donors (Lipinski definition) is 2. The Morgan fingerprint density at radius 2 is 1.96 bits per heavy atom. The molecular weight excluding hydrogens is 471 g/mol. The summed E-state index contributed by atoms with van der Waals surface area (Å²) in [6.07, 6.45) is 0.893. The smallest absolute Gasteiger partial charge is 0.261 e. The fourth-order valence-electron chi connectivity index (χ4n) is 2.13. The van der Waals surface area contributed by atoms with E-state index in [1.165, 1.54) is 0 Å². The van der Waals surface area contributed by atoms with E-state index in [0.717, 1.165) is 10.9 Å². The highest BCUT2D eigenvalue weighted by Gasteiger charge is 2.15. The van der Waals surface area contributed by atoms with Crippen LogP contribution in [-0.4, -0.2) is 17.6 Å². The zero-order chi connectivity index (χ0) is 20.0. The Hall–Kier alpha value is -1.34. The molecule has 0 saturated heterocycles. The van der Waals surface area contributed by atoms with Gasteiger partial charge in [-0.1, -0.05) is 53.0 Å². The Morgan fingerprint density at radius 3 is 2.67 bits per heavy atom. The van der Waals surface area contributed by atoms with E-state index in [1.54, 1.807) is 30.3 Å². The van der Waals surface area contributed by atoms with Crippen LogP contribution in [0.4, 0.5) is 5.69 Å². The second-order valence-electron chi connectivity index (χ2n) is 6.20. The van der Waals surface area contributed by atoms with Gasteiger partial charge in [0.15, 0.2) is 5.11 Å². The lowest BCUT2D eigenvalue weighted by Crippen LogP contribution is -2.34. The Bertz CT molecular complexity index is 846. The summed E-state index contributed by atoms with van der Waals surface area (Å²) in [5.74, 6) is 0.628. The molecule has 0 aromatic heterocycles. The van der Waals surface area contributed by atoms with Crippen LogP contribution < -0.4 is 15.4 Å². The number of carbonyl (C=O) groups is 1. The molecule has 0 spiro atoms. The summed E-state index contributed by atoms with van der Waals surface area (Å²) < 4.78 is 6.54. The molecule has 0 bridgehead atoms. The van der Waals surface area contributed by atoms with Crippen molar-refractivity contribution in [2.24, 2.45) is 5.92 Å². The predicted molar refractivity (Wildman–Crippen MR) is 119 cm³/mol. The summed E-state index contributed by atoms with van der Waals surface area (Å²) in [4.78, 5) is 12.7. The third-order valence-electron chi connectivity index (χ3n) is 3.54. The molecule has 0 unspecified atom stereocenters. The number of thiocarbonyl (C=S) groups is 1. The second kappa shape index (κ2) is 10.3. The van der Waals surface area contributed by atoms with Crippen LogP contribution in [0.3, 0.4) is 0 Å². The summed E-state index contributed by atoms with van der Waals surface area (Å²) in [5.41, 5.74) is 0.895. The third kappa shape index (κ3) is 6.96. The lowest BCUT2D eigenvalue weighted by atomic mass is 10.1. The van der Waals surface area contributed by atoms with Gasteiger partial charge in [0.2, 0.25) is 0 Å². The van der Waals surface area contributed by atoms with Crippen LogP contribution in [0.15, 0.2) is 40.9 Å². The standard InChI is InChI=1S/C19H19BrCl2N2O2S/c1-11(2)7-8-26-17-6-3-12(20)9-14(17)18(25)24-19(27)23-16-10-13(21)4-5-15(16)22/h3-6,9-11H,7-8H2,1-2H3,(H2,23,24,25,27). The number of anilines is 1. The van der Waals surface area contributed by atoms with Gasteiger partial charge in [0.1, 0.15) is 5.75 Å². The number of ether oxygens (including phenoxy) is 1. The van der Waals surface area contributed by atoms with E-state index in [0.29, 0.717) is 39.6 Å². The van der Waals surface area contributed by atoms with Gasteiger partial charge in [0.05, 0.1) is 22.9 Å². The van der Waals surface area contributed by atoms with Gasteiger partial charge >= 0.3 is 0 Å². The van der Waals surface area contributed by atoms with Crippen LogP contribution in [0.25, 0.3) is 0 Å². The summed E-state index contributed by atoms with van der Waals surface area (Å²) in [6.45, 7) is 4.76. The first-order valence-electron chi connectivity index (χ1n) is 8.26. The highest BCUT2D eigenvalue weighted by molar-refractivity contribution is 9.10. The average molecular weight is 490 g/mol. The highest BCUT2D eigenvalue weighted by Crippen LogP contribution is 2.26. The van der Waals surface area contributed by atoms with Crippen LogP contribution in [0.1, 0.15) is 30.6 Å². The summed E-state index contributed by atoms with van der Waals surface area (Å²) in [5, 5.41) is 6.56. The molecule has 0 aliphatic heterocycles. The molecule has 8 heteroatoms. The minimum Gasteiger partial charge on any atom is -0.493 e. The van der Waals surface area contributed by atoms with Gasteiger partial charge < -0.3 is 10.1 Å². The van der Waals surface area contributed by atoms with Crippen LogP contribution in [0.2, 0.25) is 10.0 Å². The minimum atomic E-state index is -0.383. The van der Waals surface area contributed by atoms with Gasteiger partial charge in [-0.15, -0.1) is 0 Å². The van der Waals surface area contributed by atoms with Crippen molar-refractivity contribution in [3.05, 3.63) is 56.5 Å². The largest absolute Gasteiger partial charge is 0.493 e. The molecule has 0 heterocycles. The van der Waals surface area contributed by atoms with Crippen LogP contribution >= 0.6 is 51.3 Å². The van der Waals surface area contributed by atoms with E-state index in [1.807, 2.05) is 6.07 Å². The number of carbonyl (C=O) groups excluding carboxylic acids is 1. The molecule has 0 aliphatic carbocycles. The molecule has 2 rings (SSSR count). The number of benzene rings is 2. The highest BCUT2D eigenvalue weighted by atomic mass is 79.9. The summed E-state index contributed by atoms with van der Waals surface area (Å²) in [7, 11) is 0. The number of halogens is 3. The molecule has 4 nitrogen and oxygen atoms in total. The van der Waals surface area contributed by atoms with E-state index in [-0.39, 0.29) is 11.0 Å². The van der Waals surface area contributed by atoms with E-state index in [4.69, 9.17) is 40.2 Å². The van der Waals surface area contributed by atoms with Crippen molar-refractivity contribution < 1.29 is 9.53 Å². The van der Waals surface area contributed by atoms with Gasteiger partial charge in [-0.05, 0) is 61.0 Å². The third-order valence-corrected chi connectivity index (χ3v) is 4.80. The van der Waals surface area contributed by atoms with Gasteiger partial charge in [0.25, 0.3) is 5.91 Å². The predicted octanol–water partition coefficient (Wildman–Crippen LogP) is 6.31. The molecule has 0 radical (unpaired) electrons. The lowest BCUT2D eigenvalue weighted by molar-refractivity contribution is 0.0973. The summed E-state index contributed by atoms with van der Waals surface area (Å²) in [6, 6.07) is 10.2. The first kappa shape index (κ1) is 22.0. The van der Waals surface area contributed by atoms with Crippen molar-refractivity contribution in [1.82, 2.24) is 5.32 Å². The molecule has 1 amide bonds. The molecule has 144 valence electrons. The van der Waals surface area contributed by atoms with E-state index in [2.05, 4.69) is 40.4 Å². The Balaban J connectivity index is 2.09. The van der Waals surface area contributed by atoms with Crippen LogP contribution in [-0.2, 0) is 0 Å². The zero-order valence-corrected chi connectivity index (χ0v) is 18.7. The second-order valence-corrected chi connectivity index (χ2v) is 8.37. The molecule has 27 heavy (non-hydrogen) atoms. The minimum absolute atomic E-state index is 0.109. The fraction of sp³-hybridized carbons (Fsp3) is 0.263. The van der Waals surface area contributed by atoms with Crippen LogP contribution in [0, 0.1) is 5.92 Å². The molecule has 0 aliphatic rings. The monoisotopic (exact) mass is 488 g/mol. The molecular formula is C19H19BrCl2N2O2S. The maximum Gasteiger partial charge on any atom is 0.261 e. The molecule has 2 aromatic rings. The molecule has 0 saturated carbocycles. The first-order chi connectivity index (χ1) is 12.8. The Morgan fingerprint density at radius 1 is 1.22 bits per heavy atom. The normalized spacial score (nSPS) is 10.6. The van der Waals surface area contributed by atoms with Crippen molar-refractivity contribution in [1.29, 1.82) is 0 Å². The van der Waals surface area contributed by atoms with E-state index < -0.39 is 0 Å². The van der Waals surface area contributed by atoms with Crippen molar-refractivity contribution in [2.45, 2.75) is 20.3 Å². The van der Waals surface area contributed by atoms with Crippen LogP contribution in [0.5, 0.6) is 5.75 Å². The molecule has 0 fully saturated rings. The van der Waals surface area contributed by atoms with E-state index in [9.17, 15) is 4.79 Å². The molecule has 2 aromatic carbocycles.